The van der Waals surface area contributed by atoms with E-state index in [1.807, 2.05) is 0 Å². The Bertz CT molecular complexity index is 876. The molecular weight excluding hydrogens is 458 g/mol. The second-order valence-corrected chi connectivity index (χ2v) is 11.2. The Labute approximate surface area is 234 Å². The lowest BCUT2D eigenvalue weighted by atomic mass is 10.1. The summed E-state index contributed by atoms with van der Waals surface area (Å²) in [5, 5.41) is 0. The lowest BCUT2D eigenvalue weighted by Crippen LogP contribution is -2.46. The van der Waals surface area contributed by atoms with Crippen LogP contribution in [0.3, 0.4) is 0 Å². The molecule has 0 atom stereocenters. The van der Waals surface area contributed by atoms with Gasteiger partial charge in [0.05, 0.1) is 6.54 Å². The molecule has 0 spiro atoms. The maximum Gasteiger partial charge on any atom is 0.105 e. The molecule has 3 aromatic carbocycles. The van der Waals surface area contributed by atoms with Crippen LogP contribution in [0.2, 0.25) is 0 Å². The molecule has 0 aromatic heterocycles. The van der Waals surface area contributed by atoms with Crippen molar-refractivity contribution in [1.29, 1.82) is 0 Å². The van der Waals surface area contributed by atoms with Gasteiger partial charge < -0.3 is 4.48 Å². The number of nitrogens with zero attached hydrogens (tertiary/aromatic N) is 1. The molecule has 0 saturated carbocycles. The summed E-state index contributed by atoms with van der Waals surface area (Å²) < 4.78 is 1.04. The molecule has 0 aliphatic heterocycles. The molecular formula is C37H52N+. The smallest absolute Gasteiger partial charge is 0.105 e. The van der Waals surface area contributed by atoms with Gasteiger partial charge in [-0.25, -0.2) is 0 Å². The lowest BCUT2D eigenvalue weighted by molar-refractivity contribution is -0.965. The van der Waals surface area contributed by atoms with Gasteiger partial charge in [0.1, 0.15) is 19.6 Å². The lowest BCUT2D eigenvalue weighted by Gasteiger charge is -2.39. The van der Waals surface area contributed by atoms with Crippen LogP contribution < -0.4 is 0 Å². The van der Waals surface area contributed by atoms with Crippen molar-refractivity contribution < 1.29 is 4.48 Å². The average molecular weight is 511 g/mol. The van der Waals surface area contributed by atoms with Crippen LogP contribution in [0.15, 0.2) is 103 Å². The van der Waals surface area contributed by atoms with Gasteiger partial charge in [-0.3, -0.25) is 0 Å². The molecule has 0 N–H and O–H groups in total. The molecule has 38 heavy (non-hydrogen) atoms. The third-order valence-electron chi connectivity index (χ3n) is 7.74. The summed E-state index contributed by atoms with van der Waals surface area (Å²) in [7, 11) is 0. The fourth-order valence-corrected chi connectivity index (χ4v) is 5.65. The van der Waals surface area contributed by atoms with Crippen molar-refractivity contribution in [1.82, 2.24) is 0 Å². The van der Waals surface area contributed by atoms with Crippen molar-refractivity contribution >= 4 is 0 Å². The molecule has 1 heteroatoms. The number of quaternary nitrogens is 1. The molecule has 204 valence electrons. The predicted molar refractivity (Wildman–Crippen MR) is 166 cm³/mol. The van der Waals surface area contributed by atoms with E-state index in [1.54, 1.807) is 0 Å². The van der Waals surface area contributed by atoms with Gasteiger partial charge in [0, 0.05) is 23.1 Å². The van der Waals surface area contributed by atoms with Gasteiger partial charge >= 0.3 is 0 Å². The van der Waals surface area contributed by atoms with E-state index >= 15 is 0 Å². The fraction of sp³-hybridized carbons (Fsp3) is 0.459. The maximum absolute atomic E-state index is 2.46. The number of hydrogen-bond acceptors (Lipinski definition) is 0. The first-order chi connectivity index (χ1) is 18.8. The van der Waals surface area contributed by atoms with Gasteiger partial charge in [-0.1, -0.05) is 168 Å². The van der Waals surface area contributed by atoms with Crippen LogP contribution in [0.25, 0.3) is 0 Å². The van der Waals surface area contributed by atoms with Crippen LogP contribution in [-0.4, -0.2) is 11.0 Å². The normalized spacial score (nSPS) is 11.8. The summed E-state index contributed by atoms with van der Waals surface area (Å²) in [5.74, 6) is 0. The highest BCUT2D eigenvalue weighted by molar-refractivity contribution is 5.17. The summed E-state index contributed by atoms with van der Waals surface area (Å²) in [6, 6.07) is 33.2. The van der Waals surface area contributed by atoms with Gasteiger partial charge in [-0.15, -0.1) is 0 Å². The molecule has 0 unspecified atom stereocenters. The Morgan fingerprint density at radius 1 is 0.447 bits per heavy atom. The van der Waals surface area contributed by atoms with Crippen LogP contribution >= 0.6 is 0 Å². The number of benzene rings is 3. The van der Waals surface area contributed by atoms with Crippen molar-refractivity contribution in [3.63, 3.8) is 0 Å². The second-order valence-electron chi connectivity index (χ2n) is 11.2. The van der Waals surface area contributed by atoms with Crippen LogP contribution in [0.4, 0.5) is 0 Å². The average Bonchev–Trinajstić information content (AvgIpc) is 2.95. The molecule has 0 radical (unpaired) electrons. The van der Waals surface area contributed by atoms with Crippen LogP contribution in [0.1, 0.15) is 101 Å². The zero-order valence-electron chi connectivity index (χ0n) is 24.1. The molecule has 0 saturated heterocycles. The first-order valence-corrected chi connectivity index (χ1v) is 15.4. The van der Waals surface area contributed by atoms with E-state index in [4.69, 9.17) is 0 Å². The van der Waals surface area contributed by atoms with Crippen molar-refractivity contribution in [3.8, 4) is 0 Å². The number of rotatable bonds is 20. The summed E-state index contributed by atoms with van der Waals surface area (Å²) >= 11 is 0. The standard InChI is InChI=1S/C37H52N/c1-2-3-4-5-6-7-8-9-10-11-12-13-14-24-31-38(32-35-25-18-15-19-26-35,33-36-27-20-16-21-28-36)34-37-29-22-17-23-30-37/h13-23,25-30H,2-12,24,31-34H2,1H3/q+1/b14-13+. The minimum Gasteiger partial charge on any atom is -0.312 e. The maximum atomic E-state index is 2.46. The second kappa shape index (κ2) is 18.6. The molecule has 0 fully saturated rings. The Balaban J connectivity index is 1.53. The number of hydrogen-bond donors (Lipinski definition) is 0. The fourth-order valence-electron chi connectivity index (χ4n) is 5.65. The van der Waals surface area contributed by atoms with Crippen molar-refractivity contribution in [2.75, 3.05) is 6.54 Å². The van der Waals surface area contributed by atoms with Gasteiger partial charge in [0.25, 0.3) is 0 Å². The summed E-state index contributed by atoms with van der Waals surface area (Å²) in [4.78, 5) is 0. The van der Waals surface area contributed by atoms with Gasteiger partial charge in [-0.05, 0) is 12.8 Å². The third-order valence-corrected chi connectivity index (χ3v) is 7.74. The Morgan fingerprint density at radius 2 is 0.816 bits per heavy atom. The summed E-state index contributed by atoms with van der Waals surface area (Å²) in [6.45, 7) is 6.60. The summed E-state index contributed by atoms with van der Waals surface area (Å²) in [5.41, 5.74) is 4.27. The minimum atomic E-state index is 1.04. The molecule has 0 aliphatic rings. The molecule has 0 aliphatic carbocycles. The van der Waals surface area contributed by atoms with Crippen LogP contribution in [0, 0.1) is 0 Å². The minimum absolute atomic E-state index is 1.04. The van der Waals surface area contributed by atoms with E-state index < -0.39 is 0 Å². The molecule has 0 heterocycles. The van der Waals surface area contributed by atoms with Crippen LogP contribution in [0.5, 0.6) is 0 Å². The third kappa shape index (κ3) is 12.3. The molecule has 0 amide bonds. The number of allylic oxidation sites excluding steroid dienone is 1. The zero-order chi connectivity index (χ0) is 26.6. The largest absolute Gasteiger partial charge is 0.312 e. The molecule has 1 nitrogen and oxygen atoms in total. The topological polar surface area (TPSA) is 0 Å². The van der Waals surface area contributed by atoms with E-state index in [9.17, 15) is 0 Å². The van der Waals surface area contributed by atoms with Crippen molar-refractivity contribution in [3.05, 3.63) is 120 Å². The molecule has 3 rings (SSSR count). The van der Waals surface area contributed by atoms with Crippen LogP contribution in [-0.2, 0) is 19.6 Å². The Kier molecular flexibility index (Phi) is 14.6. The highest BCUT2D eigenvalue weighted by Crippen LogP contribution is 2.25. The van der Waals surface area contributed by atoms with E-state index in [-0.39, 0.29) is 0 Å². The monoisotopic (exact) mass is 510 g/mol. The first kappa shape index (κ1) is 29.9. The predicted octanol–water partition coefficient (Wildman–Crippen LogP) is 10.7. The Hall–Kier alpha value is -2.64. The van der Waals surface area contributed by atoms with E-state index in [0.29, 0.717) is 0 Å². The van der Waals surface area contributed by atoms with Gasteiger partial charge in [0.15, 0.2) is 0 Å². The highest BCUT2D eigenvalue weighted by Gasteiger charge is 2.28. The van der Waals surface area contributed by atoms with Gasteiger partial charge in [0.2, 0.25) is 0 Å². The summed E-state index contributed by atoms with van der Waals surface area (Å²) in [6.07, 6.45) is 21.3. The molecule has 0 bridgehead atoms. The van der Waals surface area contributed by atoms with E-state index in [2.05, 4.69) is 110 Å². The first-order valence-electron chi connectivity index (χ1n) is 15.4. The highest BCUT2D eigenvalue weighted by atomic mass is 15.3. The molecule has 3 aromatic rings. The van der Waals surface area contributed by atoms with E-state index in [1.165, 1.54) is 87.3 Å². The zero-order valence-corrected chi connectivity index (χ0v) is 24.1. The number of unbranched alkanes of at least 4 members (excludes halogenated alkanes) is 10. The SMILES string of the molecule is CCCCCCCCCCCC/C=C/CC[N+](Cc1ccccc1)(Cc1ccccc1)Cc1ccccc1. The van der Waals surface area contributed by atoms with Gasteiger partial charge in [-0.2, -0.15) is 0 Å². The Morgan fingerprint density at radius 3 is 1.24 bits per heavy atom. The quantitative estimate of drug-likeness (QED) is 0.0805. The van der Waals surface area contributed by atoms with Crippen molar-refractivity contribution in [2.45, 2.75) is 104 Å². The van der Waals surface area contributed by atoms with E-state index in [0.717, 1.165) is 37.1 Å². The van der Waals surface area contributed by atoms with Crippen molar-refractivity contribution in [2.24, 2.45) is 0 Å².